The van der Waals surface area contributed by atoms with Crippen LogP contribution in [0.1, 0.15) is 51.9 Å². The molecule has 0 aromatic rings. The van der Waals surface area contributed by atoms with Crippen molar-refractivity contribution in [2.45, 2.75) is 64.0 Å². The number of nitrogens with one attached hydrogen (secondary N) is 1. The van der Waals surface area contributed by atoms with E-state index in [-0.39, 0.29) is 0 Å². The van der Waals surface area contributed by atoms with Crippen LogP contribution in [0.15, 0.2) is 0 Å². The van der Waals surface area contributed by atoms with Gasteiger partial charge in [-0.25, -0.2) is 0 Å². The summed E-state index contributed by atoms with van der Waals surface area (Å²) >= 11 is 0. The first kappa shape index (κ1) is 12.4. The molecule has 0 spiro atoms. The van der Waals surface area contributed by atoms with Crippen LogP contribution in [0.5, 0.6) is 0 Å². The van der Waals surface area contributed by atoms with Crippen molar-refractivity contribution in [2.24, 2.45) is 5.92 Å². The summed E-state index contributed by atoms with van der Waals surface area (Å²) in [5.41, 5.74) is 0. The van der Waals surface area contributed by atoms with Crippen LogP contribution in [-0.2, 0) is 0 Å². The smallest absolute Gasteiger partial charge is 0.00947 e. The lowest BCUT2D eigenvalue weighted by Crippen LogP contribution is -2.38. The molecule has 94 valence electrons. The average molecular weight is 224 g/mol. The van der Waals surface area contributed by atoms with Crippen LogP contribution in [-0.4, -0.2) is 37.1 Å². The van der Waals surface area contributed by atoms with Gasteiger partial charge in [0.2, 0.25) is 0 Å². The van der Waals surface area contributed by atoms with E-state index in [1.165, 1.54) is 58.0 Å². The maximum absolute atomic E-state index is 3.60. The predicted molar refractivity (Wildman–Crippen MR) is 69.7 cm³/mol. The molecule has 2 nitrogen and oxygen atoms in total. The van der Waals surface area contributed by atoms with Crippen molar-refractivity contribution in [3.8, 4) is 0 Å². The largest absolute Gasteiger partial charge is 0.314 e. The van der Waals surface area contributed by atoms with Crippen molar-refractivity contribution in [2.75, 3.05) is 20.1 Å². The lowest BCUT2D eigenvalue weighted by atomic mass is 9.86. The fraction of sp³-hybridized carbons (Fsp3) is 1.00. The standard InChI is InChI=1S/C14H28N2/c1-12-5-3-7-14(11-12)16(2)10-8-13-6-4-9-15-13/h12-15H,3-11H2,1-2H3. The fourth-order valence-corrected chi connectivity index (χ4v) is 3.35. The normalized spacial score (nSPS) is 35.8. The van der Waals surface area contributed by atoms with Gasteiger partial charge >= 0.3 is 0 Å². The SMILES string of the molecule is CC1CCCC(N(C)CCC2CCCN2)C1. The third-order valence-electron chi connectivity index (χ3n) is 4.52. The molecule has 0 radical (unpaired) electrons. The Hall–Kier alpha value is -0.0800. The van der Waals surface area contributed by atoms with Crippen LogP contribution in [0, 0.1) is 5.92 Å². The fourth-order valence-electron chi connectivity index (χ4n) is 3.35. The molecule has 1 saturated heterocycles. The molecule has 1 N–H and O–H groups in total. The molecule has 2 heteroatoms. The van der Waals surface area contributed by atoms with E-state index in [1.807, 2.05) is 0 Å². The second-order valence-electron chi connectivity index (χ2n) is 5.99. The Labute approximate surface area is 101 Å². The summed E-state index contributed by atoms with van der Waals surface area (Å²) in [5.74, 6) is 0.950. The Morgan fingerprint density at radius 1 is 1.19 bits per heavy atom. The van der Waals surface area contributed by atoms with E-state index < -0.39 is 0 Å². The van der Waals surface area contributed by atoms with Crippen molar-refractivity contribution >= 4 is 0 Å². The zero-order chi connectivity index (χ0) is 11.4. The third-order valence-corrected chi connectivity index (χ3v) is 4.52. The minimum absolute atomic E-state index is 0.809. The molecule has 0 bridgehead atoms. The molecule has 2 fully saturated rings. The van der Waals surface area contributed by atoms with Crippen molar-refractivity contribution < 1.29 is 0 Å². The molecular weight excluding hydrogens is 196 g/mol. The molecule has 1 heterocycles. The summed E-state index contributed by atoms with van der Waals surface area (Å²) in [5, 5.41) is 3.60. The van der Waals surface area contributed by atoms with Crippen LogP contribution < -0.4 is 5.32 Å². The molecule has 1 saturated carbocycles. The van der Waals surface area contributed by atoms with E-state index in [4.69, 9.17) is 0 Å². The second kappa shape index (κ2) is 6.02. The first-order valence-corrected chi connectivity index (χ1v) is 7.19. The van der Waals surface area contributed by atoms with Gasteiger partial charge in [0.15, 0.2) is 0 Å². The van der Waals surface area contributed by atoms with Crippen LogP contribution >= 0.6 is 0 Å². The van der Waals surface area contributed by atoms with Gasteiger partial charge in [0.05, 0.1) is 0 Å². The van der Waals surface area contributed by atoms with Gasteiger partial charge in [-0.2, -0.15) is 0 Å². The molecule has 1 aliphatic carbocycles. The first-order chi connectivity index (χ1) is 7.75. The lowest BCUT2D eigenvalue weighted by molar-refractivity contribution is 0.159. The zero-order valence-corrected chi connectivity index (χ0v) is 11.0. The van der Waals surface area contributed by atoms with E-state index in [9.17, 15) is 0 Å². The molecule has 2 rings (SSSR count). The minimum atomic E-state index is 0.809. The second-order valence-corrected chi connectivity index (χ2v) is 5.99. The van der Waals surface area contributed by atoms with Gasteiger partial charge < -0.3 is 10.2 Å². The third kappa shape index (κ3) is 3.46. The maximum atomic E-state index is 3.60. The van der Waals surface area contributed by atoms with Crippen LogP contribution in [0.4, 0.5) is 0 Å². The van der Waals surface area contributed by atoms with Crippen molar-refractivity contribution in [1.82, 2.24) is 10.2 Å². The molecule has 3 unspecified atom stereocenters. The molecular formula is C14H28N2. The number of rotatable bonds is 4. The first-order valence-electron chi connectivity index (χ1n) is 7.19. The van der Waals surface area contributed by atoms with E-state index in [0.717, 1.165) is 18.0 Å². The lowest BCUT2D eigenvalue weighted by Gasteiger charge is -2.34. The molecule has 0 amide bonds. The highest BCUT2D eigenvalue weighted by molar-refractivity contribution is 4.80. The van der Waals surface area contributed by atoms with Crippen LogP contribution in [0.3, 0.4) is 0 Å². The highest BCUT2D eigenvalue weighted by Gasteiger charge is 2.23. The van der Waals surface area contributed by atoms with Gasteiger partial charge in [-0.05, 0) is 58.2 Å². The van der Waals surface area contributed by atoms with E-state index in [2.05, 4.69) is 24.2 Å². The van der Waals surface area contributed by atoms with Gasteiger partial charge in [0, 0.05) is 12.1 Å². The zero-order valence-electron chi connectivity index (χ0n) is 11.0. The molecule has 16 heavy (non-hydrogen) atoms. The monoisotopic (exact) mass is 224 g/mol. The van der Waals surface area contributed by atoms with Gasteiger partial charge in [-0.1, -0.05) is 19.8 Å². The van der Waals surface area contributed by atoms with Gasteiger partial charge in [0.1, 0.15) is 0 Å². The summed E-state index contributed by atoms with van der Waals surface area (Å²) in [6.07, 6.45) is 9.88. The highest BCUT2D eigenvalue weighted by atomic mass is 15.1. The highest BCUT2D eigenvalue weighted by Crippen LogP contribution is 2.26. The Morgan fingerprint density at radius 2 is 2.06 bits per heavy atom. The van der Waals surface area contributed by atoms with E-state index in [0.29, 0.717) is 0 Å². The quantitative estimate of drug-likeness (QED) is 0.790. The number of hydrogen-bond donors (Lipinski definition) is 1. The van der Waals surface area contributed by atoms with Crippen molar-refractivity contribution in [1.29, 1.82) is 0 Å². The molecule has 3 atom stereocenters. The maximum Gasteiger partial charge on any atom is 0.00947 e. The van der Waals surface area contributed by atoms with E-state index >= 15 is 0 Å². The Morgan fingerprint density at radius 3 is 2.75 bits per heavy atom. The Bertz CT molecular complexity index is 199. The summed E-state index contributed by atoms with van der Waals surface area (Å²) < 4.78 is 0. The van der Waals surface area contributed by atoms with Gasteiger partial charge in [0.25, 0.3) is 0 Å². The average Bonchev–Trinajstić information content (AvgIpc) is 2.78. The molecule has 1 aliphatic heterocycles. The molecule has 0 aromatic heterocycles. The van der Waals surface area contributed by atoms with E-state index in [1.54, 1.807) is 0 Å². The summed E-state index contributed by atoms with van der Waals surface area (Å²) in [4.78, 5) is 2.62. The van der Waals surface area contributed by atoms with Crippen molar-refractivity contribution in [3.05, 3.63) is 0 Å². The van der Waals surface area contributed by atoms with Crippen LogP contribution in [0.25, 0.3) is 0 Å². The Kier molecular flexibility index (Phi) is 4.66. The molecule has 0 aromatic carbocycles. The van der Waals surface area contributed by atoms with Crippen molar-refractivity contribution in [3.63, 3.8) is 0 Å². The van der Waals surface area contributed by atoms with Crippen LogP contribution in [0.2, 0.25) is 0 Å². The number of nitrogens with zero attached hydrogens (tertiary/aromatic N) is 1. The van der Waals surface area contributed by atoms with Gasteiger partial charge in [-0.15, -0.1) is 0 Å². The Balaban J connectivity index is 1.67. The topological polar surface area (TPSA) is 15.3 Å². The summed E-state index contributed by atoms with van der Waals surface area (Å²) in [7, 11) is 2.33. The number of hydrogen-bond acceptors (Lipinski definition) is 2. The predicted octanol–water partition coefficient (Wildman–Crippen LogP) is 2.64. The summed E-state index contributed by atoms with van der Waals surface area (Å²) in [6.45, 7) is 4.95. The summed E-state index contributed by atoms with van der Waals surface area (Å²) in [6, 6.07) is 1.67. The molecule has 2 aliphatic rings. The minimum Gasteiger partial charge on any atom is -0.314 e. The van der Waals surface area contributed by atoms with Gasteiger partial charge in [-0.3, -0.25) is 0 Å².